The summed E-state index contributed by atoms with van der Waals surface area (Å²) in [6.07, 6.45) is 1.27. The van der Waals surface area contributed by atoms with Gasteiger partial charge < -0.3 is 10.1 Å². The molecule has 0 aromatic heterocycles. The van der Waals surface area contributed by atoms with Crippen molar-refractivity contribution in [3.8, 4) is 5.75 Å². The summed E-state index contributed by atoms with van der Waals surface area (Å²) in [7, 11) is 3.79. The van der Waals surface area contributed by atoms with E-state index in [1.54, 1.807) is 7.11 Å². The molecule has 2 heteroatoms. The van der Waals surface area contributed by atoms with Crippen LogP contribution >= 0.6 is 0 Å². The highest BCUT2D eigenvalue weighted by molar-refractivity contribution is 5.88. The molecule has 1 N–H and O–H groups in total. The zero-order valence-electron chi connectivity index (χ0n) is 10.9. The van der Waals surface area contributed by atoms with E-state index in [4.69, 9.17) is 4.74 Å². The van der Waals surface area contributed by atoms with Crippen LogP contribution in [0.5, 0.6) is 5.75 Å². The van der Waals surface area contributed by atoms with E-state index in [0.717, 1.165) is 18.2 Å². The monoisotopic (exact) mass is 241 g/mol. The molecule has 0 heterocycles. The third-order valence-electron chi connectivity index (χ3n) is 3.91. The van der Waals surface area contributed by atoms with Crippen molar-refractivity contribution >= 4 is 10.8 Å². The number of nitrogens with one attached hydrogen (secondary N) is 1. The summed E-state index contributed by atoms with van der Waals surface area (Å²) in [5.41, 5.74) is 1.40. The Morgan fingerprint density at radius 1 is 1.22 bits per heavy atom. The molecular weight excluding hydrogens is 222 g/mol. The van der Waals surface area contributed by atoms with Crippen molar-refractivity contribution in [3.05, 3.63) is 42.0 Å². The average Bonchev–Trinajstić information content (AvgIpc) is 3.16. The fourth-order valence-corrected chi connectivity index (χ4v) is 2.92. The number of hydrogen-bond acceptors (Lipinski definition) is 2. The number of rotatable bonds is 4. The number of benzene rings is 2. The van der Waals surface area contributed by atoms with Gasteiger partial charge in [-0.25, -0.2) is 0 Å². The molecule has 1 saturated carbocycles. The van der Waals surface area contributed by atoms with Crippen LogP contribution < -0.4 is 10.1 Å². The Labute approximate surface area is 108 Å². The van der Waals surface area contributed by atoms with Crippen molar-refractivity contribution in [2.24, 2.45) is 5.92 Å². The Morgan fingerprint density at radius 3 is 2.83 bits per heavy atom. The number of methoxy groups -OCH3 is 1. The zero-order chi connectivity index (χ0) is 12.5. The Hall–Kier alpha value is -1.54. The molecule has 1 aliphatic rings. The highest BCUT2D eigenvalue weighted by atomic mass is 16.5. The van der Waals surface area contributed by atoms with Gasteiger partial charge in [0.25, 0.3) is 0 Å². The summed E-state index contributed by atoms with van der Waals surface area (Å²) in [6.45, 7) is 1.09. The van der Waals surface area contributed by atoms with Crippen LogP contribution in [-0.2, 0) is 0 Å². The lowest BCUT2D eigenvalue weighted by Gasteiger charge is -2.12. The van der Waals surface area contributed by atoms with E-state index in [0.29, 0.717) is 5.92 Å². The largest absolute Gasteiger partial charge is 0.496 e. The van der Waals surface area contributed by atoms with E-state index in [1.807, 2.05) is 7.05 Å². The Morgan fingerprint density at radius 2 is 2.06 bits per heavy atom. The minimum Gasteiger partial charge on any atom is -0.496 e. The minimum atomic E-state index is 0.651. The fourth-order valence-electron chi connectivity index (χ4n) is 2.92. The van der Waals surface area contributed by atoms with Crippen LogP contribution in [0.1, 0.15) is 17.9 Å². The van der Waals surface area contributed by atoms with Gasteiger partial charge in [0, 0.05) is 5.56 Å². The average molecular weight is 241 g/mol. The smallest absolute Gasteiger partial charge is 0.122 e. The molecule has 0 saturated heterocycles. The van der Waals surface area contributed by atoms with Crippen molar-refractivity contribution in [1.29, 1.82) is 0 Å². The number of fused-ring (bicyclic) bond motifs is 1. The van der Waals surface area contributed by atoms with E-state index in [1.165, 1.54) is 22.8 Å². The molecule has 1 fully saturated rings. The summed E-state index contributed by atoms with van der Waals surface area (Å²) >= 11 is 0. The number of hydrogen-bond donors (Lipinski definition) is 1. The molecule has 2 aromatic carbocycles. The van der Waals surface area contributed by atoms with Gasteiger partial charge in [0.2, 0.25) is 0 Å². The SMILES string of the molecule is CNCC1CC1c1c(OC)ccc2ccccc12. The van der Waals surface area contributed by atoms with Crippen molar-refractivity contribution in [2.45, 2.75) is 12.3 Å². The maximum atomic E-state index is 5.56. The molecule has 2 nitrogen and oxygen atoms in total. The lowest BCUT2D eigenvalue weighted by Crippen LogP contribution is -2.10. The molecule has 2 aromatic rings. The summed E-state index contributed by atoms with van der Waals surface area (Å²) < 4.78 is 5.56. The van der Waals surface area contributed by atoms with Crippen LogP contribution in [0.3, 0.4) is 0 Å². The van der Waals surface area contributed by atoms with Gasteiger partial charge in [0.1, 0.15) is 5.75 Å². The lowest BCUT2D eigenvalue weighted by atomic mass is 9.99. The Kier molecular flexibility index (Phi) is 2.96. The predicted molar refractivity (Wildman–Crippen MR) is 75.3 cm³/mol. The molecule has 0 radical (unpaired) electrons. The maximum Gasteiger partial charge on any atom is 0.122 e. The minimum absolute atomic E-state index is 0.651. The van der Waals surface area contributed by atoms with Crippen LogP contribution in [0.25, 0.3) is 10.8 Å². The summed E-state index contributed by atoms with van der Waals surface area (Å²) in [5.74, 6) is 2.45. The van der Waals surface area contributed by atoms with Crippen LogP contribution in [-0.4, -0.2) is 20.7 Å². The first kappa shape index (κ1) is 11.5. The van der Waals surface area contributed by atoms with Crippen molar-refractivity contribution < 1.29 is 4.74 Å². The topological polar surface area (TPSA) is 21.3 Å². The molecule has 0 spiro atoms. The first-order chi connectivity index (χ1) is 8.85. The highest BCUT2D eigenvalue weighted by Gasteiger charge is 2.40. The van der Waals surface area contributed by atoms with Crippen molar-refractivity contribution in [3.63, 3.8) is 0 Å². The molecule has 0 aliphatic heterocycles. The Bertz CT molecular complexity index is 564. The molecule has 1 aliphatic carbocycles. The van der Waals surface area contributed by atoms with E-state index in [2.05, 4.69) is 41.7 Å². The first-order valence-electron chi connectivity index (χ1n) is 6.55. The molecular formula is C16H19NO. The second kappa shape index (κ2) is 4.62. The maximum absolute atomic E-state index is 5.56. The molecule has 2 atom stereocenters. The lowest BCUT2D eigenvalue weighted by molar-refractivity contribution is 0.410. The van der Waals surface area contributed by atoms with Gasteiger partial charge >= 0.3 is 0 Å². The Balaban J connectivity index is 2.08. The summed E-state index contributed by atoms with van der Waals surface area (Å²) in [5, 5.41) is 5.93. The van der Waals surface area contributed by atoms with Crippen LogP contribution in [0, 0.1) is 5.92 Å². The van der Waals surface area contributed by atoms with E-state index < -0.39 is 0 Å². The van der Waals surface area contributed by atoms with E-state index >= 15 is 0 Å². The second-order valence-electron chi connectivity index (χ2n) is 5.06. The van der Waals surface area contributed by atoms with Gasteiger partial charge in [0.15, 0.2) is 0 Å². The summed E-state index contributed by atoms with van der Waals surface area (Å²) in [4.78, 5) is 0. The predicted octanol–water partition coefficient (Wildman–Crippen LogP) is 3.17. The van der Waals surface area contributed by atoms with E-state index in [9.17, 15) is 0 Å². The molecule has 0 amide bonds. The molecule has 0 bridgehead atoms. The highest BCUT2D eigenvalue weighted by Crippen LogP contribution is 2.52. The number of ether oxygens (including phenoxy) is 1. The van der Waals surface area contributed by atoms with E-state index in [-0.39, 0.29) is 0 Å². The van der Waals surface area contributed by atoms with Gasteiger partial charge in [-0.05, 0) is 48.7 Å². The third-order valence-corrected chi connectivity index (χ3v) is 3.91. The van der Waals surface area contributed by atoms with Crippen LogP contribution in [0.15, 0.2) is 36.4 Å². The standard InChI is InChI=1S/C16H19NO/c1-17-10-12-9-14(12)16-13-6-4-3-5-11(13)7-8-15(16)18-2/h3-8,12,14,17H,9-10H2,1-2H3. The van der Waals surface area contributed by atoms with Crippen LogP contribution in [0.2, 0.25) is 0 Å². The molecule has 94 valence electrons. The second-order valence-corrected chi connectivity index (χ2v) is 5.06. The van der Waals surface area contributed by atoms with Gasteiger partial charge in [-0.1, -0.05) is 30.3 Å². The van der Waals surface area contributed by atoms with Crippen LogP contribution in [0.4, 0.5) is 0 Å². The van der Waals surface area contributed by atoms with Gasteiger partial charge in [0.05, 0.1) is 7.11 Å². The normalized spacial score (nSPS) is 22.1. The summed E-state index contributed by atoms with van der Waals surface area (Å²) in [6, 6.07) is 12.8. The third kappa shape index (κ3) is 1.87. The molecule has 3 rings (SSSR count). The first-order valence-corrected chi connectivity index (χ1v) is 6.55. The zero-order valence-corrected chi connectivity index (χ0v) is 10.9. The molecule has 2 unspecified atom stereocenters. The van der Waals surface area contributed by atoms with Gasteiger partial charge in [-0.15, -0.1) is 0 Å². The molecule has 18 heavy (non-hydrogen) atoms. The fraction of sp³-hybridized carbons (Fsp3) is 0.375. The van der Waals surface area contributed by atoms with Crippen molar-refractivity contribution in [2.75, 3.05) is 20.7 Å². The quantitative estimate of drug-likeness (QED) is 0.887. The van der Waals surface area contributed by atoms with Crippen molar-refractivity contribution in [1.82, 2.24) is 5.32 Å². The van der Waals surface area contributed by atoms with Gasteiger partial charge in [-0.2, -0.15) is 0 Å². The van der Waals surface area contributed by atoms with Gasteiger partial charge in [-0.3, -0.25) is 0 Å².